The number of aliphatic hydroxyl groups excluding tert-OH is 1. The number of hydrogen-bond acceptors (Lipinski definition) is 6. The van der Waals surface area contributed by atoms with Gasteiger partial charge in [-0.15, -0.1) is 0 Å². The summed E-state index contributed by atoms with van der Waals surface area (Å²) in [5.74, 6) is -0.194. The van der Waals surface area contributed by atoms with Gasteiger partial charge in [-0.05, 0) is 60.3 Å². The molecule has 9 heteroatoms. The highest BCUT2D eigenvalue weighted by molar-refractivity contribution is 6.28. The number of benzene rings is 2. The van der Waals surface area contributed by atoms with Gasteiger partial charge >= 0.3 is 0 Å². The fourth-order valence-electron chi connectivity index (χ4n) is 3.35. The van der Waals surface area contributed by atoms with E-state index >= 15 is 0 Å². The van der Waals surface area contributed by atoms with Crippen molar-refractivity contribution in [2.75, 3.05) is 19.0 Å². The van der Waals surface area contributed by atoms with E-state index in [0.717, 1.165) is 17.4 Å². The van der Waals surface area contributed by atoms with E-state index in [1.165, 1.54) is 12.1 Å². The van der Waals surface area contributed by atoms with Gasteiger partial charge in [0.15, 0.2) is 0 Å². The van der Waals surface area contributed by atoms with Gasteiger partial charge in [0.25, 0.3) is 0 Å². The van der Waals surface area contributed by atoms with Crippen LogP contribution in [0.1, 0.15) is 16.8 Å². The second kappa shape index (κ2) is 11.2. The quantitative estimate of drug-likeness (QED) is 0.397. The SMILES string of the molecule is COc1cccc(CNCC(O)C(Cc2cc(F)cc(F)c2)Nc2cc(C)nc(Cl)n2)c1. The van der Waals surface area contributed by atoms with Gasteiger partial charge in [-0.1, -0.05) is 12.1 Å². The van der Waals surface area contributed by atoms with Crippen LogP contribution in [0.5, 0.6) is 5.75 Å². The number of nitrogens with zero attached hydrogens (tertiary/aromatic N) is 2. The summed E-state index contributed by atoms with van der Waals surface area (Å²) in [6, 6.07) is 12.0. The van der Waals surface area contributed by atoms with E-state index in [9.17, 15) is 13.9 Å². The van der Waals surface area contributed by atoms with Crippen LogP contribution in [0, 0.1) is 18.6 Å². The number of ether oxygens (including phenoxy) is 1. The predicted octanol–water partition coefficient (Wildman–Crippen LogP) is 3.90. The number of nitrogens with one attached hydrogen (secondary N) is 2. The normalized spacial score (nSPS) is 12.9. The van der Waals surface area contributed by atoms with Crippen molar-refractivity contribution in [1.82, 2.24) is 15.3 Å². The number of aromatic nitrogens is 2. The molecule has 0 aliphatic carbocycles. The molecule has 2 atom stereocenters. The van der Waals surface area contributed by atoms with Crippen LogP contribution in [-0.2, 0) is 13.0 Å². The predicted molar refractivity (Wildman–Crippen MR) is 120 cm³/mol. The Morgan fingerprint density at radius 2 is 1.81 bits per heavy atom. The topological polar surface area (TPSA) is 79.3 Å². The third-order valence-corrected chi connectivity index (χ3v) is 4.99. The molecule has 2 aromatic carbocycles. The molecular weight excluding hydrogens is 438 g/mol. The number of aliphatic hydroxyl groups is 1. The van der Waals surface area contributed by atoms with Crippen LogP contribution in [-0.4, -0.2) is 40.9 Å². The second-order valence-electron chi connectivity index (χ2n) is 7.45. The molecular formula is C23H25ClF2N4O2. The Morgan fingerprint density at radius 1 is 1.06 bits per heavy atom. The molecule has 1 aromatic heterocycles. The first kappa shape index (κ1) is 23.8. The summed E-state index contributed by atoms with van der Waals surface area (Å²) < 4.78 is 32.6. The summed E-state index contributed by atoms with van der Waals surface area (Å²) in [7, 11) is 1.60. The molecule has 0 aliphatic heterocycles. The molecule has 0 aliphatic rings. The van der Waals surface area contributed by atoms with E-state index in [2.05, 4.69) is 20.6 Å². The molecule has 0 saturated carbocycles. The van der Waals surface area contributed by atoms with E-state index < -0.39 is 23.8 Å². The molecule has 1 heterocycles. The summed E-state index contributed by atoms with van der Waals surface area (Å²) in [6.07, 6.45) is -0.738. The number of anilines is 1. The van der Waals surface area contributed by atoms with Crippen molar-refractivity contribution in [3.63, 3.8) is 0 Å². The summed E-state index contributed by atoms with van der Waals surface area (Å²) in [6.45, 7) is 2.50. The highest BCUT2D eigenvalue weighted by Crippen LogP contribution is 2.17. The highest BCUT2D eigenvalue weighted by Gasteiger charge is 2.21. The van der Waals surface area contributed by atoms with Crippen molar-refractivity contribution in [2.45, 2.75) is 32.0 Å². The Morgan fingerprint density at radius 3 is 2.50 bits per heavy atom. The van der Waals surface area contributed by atoms with Crippen LogP contribution in [0.2, 0.25) is 5.28 Å². The standard InChI is InChI=1S/C23H25ClF2N4O2/c1-14-6-22(30-23(24)28-14)29-20(10-16-7-17(25)11-18(26)8-16)21(31)13-27-12-15-4-3-5-19(9-15)32-2/h3-9,11,20-21,27,31H,10,12-13H2,1-2H3,(H,28,29,30). The van der Waals surface area contributed by atoms with Crippen molar-refractivity contribution >= 4 is 17.4 Å². The van der Waals surface area contributed by atoms with E-state index in [1.807, 2.05) is 24.3 Å². The van der Waals surface area contributed by atoms with Gasteiger partial charge in [0.2, 0.25) is 5.28 Å². The molecule has 6 nitrogen and oxygen atoms in total. The van der Waals surface area contributed by atoms with Crippen molar-refractivity contribution < 1.29 is 18.6 Å². The lowest BCUT2D eigenvalue weighted by atomic mass is 10.0. The average Bonchev–Trinajstić information content (AvgIpc) is 2.72. The third-order valence-electron chi connectivity index (χ3n) is 4.82. The Kier molecular flexibility index (Phi) is 8.33. The lowest BCUT2D eigenvalue weighted by molar-refractivity contribution is 0.148. The first-order valence-corrected chi connectivity index (χ1v) is 10.4. The van der Waals surface area contributed by atoms with Crippen LogP contribution in [0.3, 0.4) is 0 Å². The molecule has 32 heavy (non-hydrogen) atoms. The minimum atomic E-state index is -0.902. The maximum atomic E-state index is 13.7. The summed E-state index contributed by atoms with van der Waals surface area (Å²) in [5, 5.41) is 17.3. The summed E-state index contributed by atoms with van der Waals surface area (Å²) in [4.78, 5) is 8.15. The van der Waals surface area contributed by atoms with Crippen LogP contribution >= 0.6 is 11.6 Å². The Bertz CT molecular complexity index is 960. The van der Waals surface area contributed by atoms with Crippen LogP contribution in [0.25, 0.3) is 0 Å². The summed E-state index contributed by atoms with van der Waals surface area (Å²) >= 11 is 5.94. The number of hydrogen-bond donors (Lipinski definition) is 3. The minimum absolute atomic E-state index is 0.0636. The Labute approximate surface area is 190 Å². The monoisotopic (exact) mass is 462 g/mol. The smallest absolute Gasteiger partial charge is 0.224 e. The van der Waals surface area contributed by atoms with Gasteiger partial charge in [-0.25, -0.2) is 18.7 Å². The van der Waals surface area contributed by atoms with E-state index in [1.54, 1.807) is 20.1 Å². The van der Waals surface area contributed by atoms with Gasteiger partial charge in [0.1, 0.15) is 23.2 Å². The molecule has 0 amide bonds. The molecule has 0 fully saturated rings. The fourth-order valence-corrected chi connectivity index (χ4v) is 3.58. The van der Waals surface area contributed by atoms with Gasteiger partial charge in [-0.2, -0.15) is 0 Å². The van der Waals surface area contributed by atoms with Crippen molar-refractivity contribution in [1.29, 1.82) is 0 Å². The van der Waals surface area contributed by atoms with E-state index in [4.69, 9.17) is 16.3 Å². The molecule has 0 radical (unpaired) electrons. The molecule has 0 saturated heterocycles. The number of methoxy groups -OCH3 is 1. The van der Waals surface area contributed by atoms with Gasteiger partial charge in [0, 0.05) is 30.9 Å². The van der Waals surface area contributed by atoms with Gasteiger partial charge < -0.3 is 20.5 Å². The molecule has 3 N–H and O–H groups in total. The van der Waals surface area contributed by atoms with Crippen LogP contribution in [0.4, 0.5) is 14.6 Å². The van der Waals surface area contributed by atoms with Gasteiger partial charge in [0.05, 0.1) is 19.3 Å². The maximum Gasteiger partial charge on any atom is 0.224 e. The number of aryl methyl sites for hydroxylation is 1. The largest absolute Gasteiger partial charge is 0.497 e. The lowest BCUT2D eigenvalue weighted by Crippen LogP contribution is -2.42. The molecule has 0 spiro atoms. The van der Waals surface area contributed by atoms with Crippen molar-refractivity contribution in [3.05, 3.63) is 82.3 Å². The van der Waals surface area contributed by atoms with Crippen LogP contribution < -0.4 is 15.4 Å². The van der Waals surface area contributed by atoms with Crippen molar-refractivity contribution in [3.8, 4) is 5.75 Å². The molecule has 0 bridgehead atoms. The zero-order chi connectivity index (χ0) is 23.1. The fraction of sp³-hybridized carbons (Fsp3) is 0.304. The Balaban J connectivity index is 1.72. The van der Waals surface area contributed by atoms with Gasteiger partial charge in [-0.3, -0.25) is 0 Å². The van der Waals surface area contributed by atoms with E-state index in [-0.39, 0.29) is 18.2 Å². The molecule has 170 valence electrons. The van der Waals surface area contributed by atoms with Crippen molar-refractivity contribution in [2.24, 2.45) is 0 Å². The number of halogens is 3. The third kappa shape index (κ3) is 7.12. The second-order valence-corrected chi connectivity index (χ2v) is 7.78. The zero-order valence-electron chi connectivity index (χ0n) is 17.8. The first-order chi connectivity index (χ1) is 15.3. The lowest BCUT2D eigenvalue weighted by Gasteiger charge is -2.25. The van der Waals surface area contributed by atoms with Crippen LogP contribution in [0.15, 0.2) is 48.5 Å². The highest BCUT2D eigenvalue weighted by atomic mass is 35.5. The average molecular weight is 463 g/mol. The maximum absolute atomic E-state index is 13.7. The minimum Gasteiger partial charge on any atom is -0.497 e. The molecule has 2 unspecified atom stereocenters. The molecule has 3 aromatic rings. The summed E-state index contributed by atoms with van der Waals surface area (Å²) in [5.41, 5.74) is 2.05. The first-order valence-electron chi connectivity index (χ1n) is 10.1. The Hall–Kier alpha value is -2.81. The zero-order valence-corrected chi connectivity index (χ0v) is 18.5. The molecule has 3 rings (SSSR count). The van der Waals surface area contributed by atoms with E-state index in [0.29, 0.717) is 23.6 Å². The number of rotatable bonds is 10.